The van der Waals surface area contributed by atoms with Crippen molar-refractivity contribution in [2.24, 2.45) is 0 Å². The van der Waals surface area contributed by atoms with Crippen LogP contribution in [-0.4, -0.2) is 43.8 Å². The Morgan fingerprint density at radius 1 is 1.21 bits per heavy atom. The van der Waals surface area contributed by atoms with Crippen LogP contribution in [0.1, 0.15) is 41.8 Å². The van der Waals surface area contributed by atoms with Gasteiger partial charge in [0.2, 0.25) is 0 Å². The molecule has 1 saturated carbocycles. The van der Waals surface area contributed by atoms with Crippen molar-refractivity contribution in [3.8, 4) is 0 Å². The van der Waals surface area contributed by atoms with Crippen LogP contribution < -0.4 is 0 Å². The van der Waals surface area contributed by atoms with E-state index < -0.39 is 15.1 Å². The van der Waals surface area contributed by atoms with Crippen molar-refractivity contribution >= 4 is 26.7 Å². The minimum absolute atomic E-state index is 0.260. The number of carbonyl (C=O) groups excluding carboxylic acids is 1. The molecule has 1 aromatic heterocycles. The molecule has 24 heavy (non-hydrogen) atoms. The van der Waals surface area contributed by atoms with E-state index in [1.165, 1.54) is 6.26 Å². The van der Waals surface area contributed by atoms with E-state index in [9.17, 15) is 13.2 Å². The summed E-state index contributed by atoms with van der Waals surface area (Å²) in [6.07, 6.45) is 4.41. The Morgan fingerprint density at radius 2 is 1.92 bits per heavy atom. The maximum absolute atomic E-state index is 12.8. The van der Waals surface area contributed by atoms with Gasteiger partial charge in [0.15, 0.2) is 15.6 Å². The molecule has 1 heterocycles. The molecule has 3 rings (SSSR count). The highest BCUT2D eigenvalue weighted by atomic mass is 32.2. The van der Waals surface area contributed by atoms with Gasteiger partial charge in [0.05, 0.1) is 5.25 Å². The molecule has 0 spiro atoms. The third-order valence-electron chi connectivity index (χ3n) is 4.92. The number of furan rings is 1. The standard InChI is InChI=1S/C18H23NO4S/c1-12-8-9-15-13(10-12)11-16(23-15)18(20)19(2)14-6-4-5-7-17(14)24(3,21)22/h8-11,14,17H,4-7H2,1-3H3. The number of sulfone groups is 1. The van der Waals surface area contributed by atoms with E-state index >= 15 is 0 Å². The Bertz CT molecular complexity index is 868. The van der Waals surface area contributed by atoms with Gasteiger partial charge in [-0.3, -0.25) is 4.79 Å². The summed E-state index contributed by atoms with van der Waals surface area (Å²) in [5.74, 6) is 0.000303. The van der Waals surface area contributed by atoms with Crippen molar-refractivity contribution in [1.29, 1.82) is 0 Å². The van der Waals surface area contributed by atoms with Crippen LogP contribution in [0.5, 0.6) is 0 Å². The normalized spacial score (nSPS) is 21.8. The number of carbonyl (C=O) groups is 1. The van der Waals surface area contributed by atoms with Crippen molar-refractivity contribution in [1.82, 2.24) is 4.90 Å². The first-order chi connectivity index (χ1) is 11.3. The zero-order valence-corrected chi connectivity index (χ0v) is 15.1. The van der Waals surface area contributed by atoms with Gasteiger partial charge in [-0.05, 0) is 38.0 Å². The largest absolute Gasteiger partial charge is 0.451 e. The first kappa shape index (κ1) is 17.0. The zero-order valence-electron chi connectivity index (χ0n) is 14.3. The van der Waals surface area contributed by atoms with E-state index in [2.05, 4.69) is 0 Å². The Kier molecular flexibility index (Phi) is 4.42. The lowest BCUT2D eigenvalue weighted by atomic mass is 9.93. The monoisotopic (exact) mass is 349 g/mol. The molecule has 1 aliphatic rings. The molecule has 0 bridgehead atoms. The number of rotatable bonds is 3. The quantitative estimate of drug-likeness (QED) is 0.853. The molecule has 0 aliphatic heterocycles. The van der Waals surface area contributed by atoms with Gasteiger partial charge in [-0.1, -0.05) is 24.5 Å². The molecule has 6 heteroatoms. The Balaban J connectivity index is 1.89. The molecule has 1 aromatic carbocycles. The highest BCUT2D eigenvalue weighted by molar-refractivity contribution is 7.91. The number of fused-ring (bicyclic) bond motifs is 1. The average Bonchev–Trinajstić information content (AvgIpc) is 2.95. The molecule has 1 amide bonds. The first-order valence-corrected chi connectivity index (χ1v) is 10.2. The minimum atomic E-state index is -3.19. The third kappa shape index (κ3) is 3.20. The van der Waals surface area contributed by atoms with Crippen LogP contribution in [0.3, 0.4) is 0 Å². The molecule has 5 nitrogen and oxygen atoms in total. The molecule has 0 N–H and O–H groups in total. The second-order valence-corrected chi connectivity index (χ2v) is 9.05. The highest BCUT2D eigenvalue weighted by Gasteiger charge is 2.37. The molecular weight excluding hydrogens is 326 g/mol. The van der Waals surface area contributed by atoms with Gasteiger partial charge in [-0.2, -0.15) is 0 Å². The van der Waals surface area contributed by atoms with Crippen molar-refractivity contribution < 1.29 is 17.6 Å². The van der Waals surface area contributed by atoms with Gasteiger partial charge in [0.1, 0.15) is 5.58 Å². The van der Waals surface area contributed by atoms with Crippen molar-refractivity contribution in [3.05, 3.63) is 35.6 Å². The molecule has 1 fully saturated rings. The number of benzene rings is 1. The summed E-state index contributed by atoms with van der Waals surface area (Å²) < 4.78 is 29.8. The average molecular weight is 349 g/mol. The maximum Gasteiger partial charge on any atom is 0.289 e. The molecule has 130 valence electrons. The van der Waals surface area contributed by atoms with Crippen LogP contribution in [0.4, 0.5) is 0 Å². The maximum atomic E-state index is 12.8. The van der Waals surface area contributed by atoms with E-state index in [0.29, 0.717) is 18.4 Å². The molecule has 2 atom stereocenters. The predicted molar refractivity (Wildman–Crippen MR) is 93.9 cm³/mol. The van der Waals surface area contributed by atoms with E-state index in [1.807, 2.05) is 25.1 Å². The number of aryl methyl sites for hydroxylation is 1. The second-order valence-electron chi connectivity index (χ2n) is 6.79. The van der Waals surface area contributed by atoms with Gasteiger partial charge in [-0.25, -0.2) is 8.42 Å². The highest BCUT2D eigenvalue weighted by Crippen LogP contribution is 2.29. The van der Waals surface area contributed by atoms with Gasteiger partial charge in [0, 0.05) is 24.7 Å². The van der Waals surface area contributed by atoms with Crippen LogP contribution >= 0.6 is 0 Å². The first-order valence-electron chi connectivity index (χ1n) is 8.23. The molecule has 0 radical (unpaired) electrons. The van der Waals surface area contributed by atoms with Crippen LogP contribution in [0.2, 0.25) is 0 Å². The number of nitrogens with zero attached hydrogens (tertiary/aromatic N) is 1. The molecule has 2 unspecified atom stereocenters. The fourth-order valence-corrected chi connectivity index (χ4v) is 5.10. The molecule has 1 aliphatic carbocycles. The van der Waals surface area contributed by atoms with Crippen molar-refractivity contribution in [2.45, 2.75) is 43.9 Å². The van der Waals surface area contributed by atoms with E-state index in [1.54, 1.807) is 18.0 Å². The summed E-state index contributed by atoms with van der Waals surface area (Å²) in [6, 6.07) is 7.19. The summed E-state index contributed by atoms with van der Waals surface area (Å²) in [7, 11) is -1.51. The van der Waals surface area contributed by atoms with Crippen LogP contribution in [0, 0.1) is 6.92 Å². The van der Waals surface area contributed by atoms with Crippen LogP contribution in [0.25, 0.3) is 11.0 Å². The van der Waals surface area contributed by atoms with Crippen LogP contribution in [-0.2, 0) is 9.84 Å². The molecule has 0 saturated heterocycles. The van der Waals surface area contributed by atoms with Gasteiger partial charge >= 0.3 is 0 Å². The summed E-state index contributed by atoms with van der Waals surface area (Å²) in [4.78, 5) is 14.4. The summed E-state index contributed by atoms with van der Waals surface area (Å²) in [5.41, 5.74) is 1.76. The summed E-state index contributed by atoms with van der Waals surface area (Å²) in [5, 5.41) is 0.391. The van der Waals surface area contributed by atoms with E-state index in [4.69, 9.17) is 4.42 Å². The topological polar surface area (TPSA) is 67.6 Å². The number of hydrogen-bond donors (Lipinski definition) is 0. The fourth-order valence-electron chi connectivity index (χ4n) is 3.61. The zero-order chi connectivity index (χ0) is 17.5. The Morgan fingerprint density at radius 3 is 2.62 bits per heavy atom. The smallest absolute Gasteiger partial charge is 0.289 e. The van der Waals surface area contributed by atoms with Gasteiger partial charge < -0.3 is 9.32 Å². The van der Waals surface area contributed by atoms with Crippen LogP contribution in [0.15, 0.2) is 28.7 Å². The summed E-state index contributed by atoms with van der Waals surface area (Å²) in [6.45, 7) is 1.98. The van der Waals surface area contributed by atoms with E-state index in [0.717, 1.165) is 23.8 Å². The Hall–Kier alpha value is -1.82. The molecule has 2 aromatic rings. The minimum Gasteiger partial charge on any atom is -0.451 e. The Labute approximate surface area is 142 Å². The lowest BCUT2D eigenvalue weighted by Gasteiger charge is -2.36. The van der Waals surface area contributed by atoms with Crippen molar-refractivity contribution in [3.63, 3.8) is 0 Å². The number of amides is 1. The molecular formula is C18H23NO4S. The fraction of sp³-hybridized carbons (Fsp3) is 0.500. The van der Waals surface area contributed by atoms with Gasteiger partial charge in [0.25, 0.3) is 5.91 Å². The van der Waals surface area contributed by atoms with Gasteiger partial charge in [-0.15, -0.1) is 0 Å². The summed E-state index contributed by atoms with van der Waals surface area (Å²) >= 11 is 0. The lowest BCUT2D eigenvalue weighted by molar-refractivity contribution is 0.0670. The SMILES string of the molecule is Cc1ccc2oc(C(=O)N(C)C3CCCCC3S(C)(=O)=O)cc2c1. The third-order valence-corrected chi connectivity index (χ3v) is 6.57. The van der Waals surface area contributed by atoms with Crippen molar-refractivity contribution in [2.75, 3.05) is 13.3 Å². The van der Waals surface area contributed by atoms with E-state index in [-0.39, 0.29) is 17.7 Å². The number of hydrogen-bond acceptors (Lipinski definition) is 4. The second kappa shape index (κ2) is 6.24. The lowest BCUT2D eigenvalue weighted by Crippen LogP contribution is -2.49. The predicted octanol–water partition coefficient (Wildman–Crippen LogP) is 3.17.